The first-order valence-electron chi connectivity index (χ1n) is 10.3. The van der Waals surface area contributed by atoms with Crippen molar-refractivity contribution in [1.29, 1.82) is 0 Å². The molecule has 0 bridgehead atoms. The first kappa shape index (κ1) is 21.5. The maximum absolute atomic E-state index is 12.8. The van der Waals surface area contributed by atoms with Gasteiger partial charge in [-0.05, 0) is 41.7 Å². The number of thiazole rings is 1. The van der Waals surface area contributed by atoms with Gasteiger partial charge in [-0.3, -0.25) is 9.59 Å². The fourth-order valence-corrected chi connectivity index (χ4v) is 5.06. The molecular weight excluding hydrogens is 430 g/mol. The van der Waals surface area contributed by atoms with Gasteiger partial charge < -0.3 is 10.2 Å². The summed E-state index contributed by atoms with van der Waals surface area (Å²) in [5.41, 5.74) is 4.40. The van der Waals surface area contributed by atoms with Gasteiger partial charge in [0.15, 0.2) is 5.13 Å². The van der Waals surface area contributed by atoms with Crippen LogP contribution in [0.1, 0.15) is 46.5 Å². The van der Waals surface area contributed by atoms with Gasteiger partial charge in [-0.1, -0.05) is 48.0 Å². The average Bonchev–Trinajstić information content (AvgIpc) is 3.17. The van der Waals surface area contributed by atoms with E-state index in [-0.39, 0.29) is 24.3 Å². The minimum Gasteiger partial charge on any atom is -0.335 e. The van der Waals surface area contributed by atoms with Gasteiger partial charge in [0.2, 0.25) is 11.8 Å². The van der Waals surface area contributed by atoms with Crippen molar-refractivity contribution in [2.75, 3.05) is 11.9 Å². The minimum atomic E-state index is -0.253. The largest absolute Gasteiger partial charge is 0.335 e. The highest BCUT2D eigenvalue weighted by Crippen LogP contribution is 2.33. The van der Waals surface area contributed by atoms with Crippen LogP contribution in [0, 0.1) is 6.92 Å². The van der Waals surface area contributed by atoms with Crippen molar-refractivity contribution in [3.05, 3.63) is 80.8 Å². The molecule has 2 heterocycles. The summed E-state index contributed by atoms with van der Waals surface area (Å²) < 4.78 is 0. The third kappa shape index (κ3) is 4.97. The molecule has 4 rings (SSSR count). The van der Waals surface area contributed by atoms with Crippen LogP contribution in [0.5, 0.6) is 0 Å². The Kier molecular flexibility index (Phi) is 6.39. The number of carbonyl (C=O) groups excluding carboxylic acids is 2. The van der Waals surface area contributed by atoms with E-state index in [2.05, 4.69) is 22.4 Å². The normalized spacial score (nSPS) is 15.5. The number of hydrogen-bond acceptors (Lipinski definition) is 4. The number of nitrogens with zero attached hydrogens (tertiary/aromatic N) is 2. The molecule has 0 fully saturated rings. The SMILES string of the molecule is CC(=O)N1CCc2ccccc2C1CC(=O)Nc1ncc(Cc2ccc(C)c(Cl)c2)s1. The van der Waals surface area contributed by atoms with Crippen molar-refractivity contribution in [1.82, 2.24) is 9.88 Å². The first-order valence-corrected chi connectivity index (χ1v) is 11.4. The predicted molar refractivity (Wildman–Crippen MR) is 125 cm³/mol. The number of aromatic nitrogens is 1. The number of hydrogen-bond donors (Lipinski definition) is 1. The van der Waals surface area contributed by atoms with Gasteiger partial charge in [-0.2, -0.15) is 0 Å². The van der Waals surface area contributed by atoms with Crippen LogP contribution < -0.4 is 5.32 Å². The molecule has 1 N–H and O–H groups in total. The Bertz CT molecular complexity index is 1130. The number of benzene rings is 2. The number of amides is 2. The fraction of sp³-hybridized carbons (Fsp3) is 0.292. The van der Waals surface area contributed by atoms with Gasteiger partial charge in [0.1, 0.15) is 0 Å². The second-order valence-electron chi connectivity index (χ2n) is 7.82. The van der Waals surface area contributed by atoms with Crippen molar-refractivity contribution < 1.29 is 9.59 Å². The van der Waals surface area contributed by atoms with Gasteiger partial charge in [-0.25, -0.2) is 4.98 Å². The molecule has 1 aliphatic rings. The number of fused-ring (bicyclic) bond motifs is 1. The molecule has 1 unspecified atom stereocenters. The monoisotopic (exact) mass is 453 g/mol. The minimum absolute atomic E-state index is 0.0133. The third-order valence-corrected chi connectivity index (χ3v) is 6.93. The highest BCUT2D eigenvalue weighted by molar-refractivity contribution is 7.15. The van der Waals surface area contributed by atoms with Crippen LogP contribution in [0.15, 0.2) is 48.7 Å². The van der Waals surface area contributed by atoms with E-state index in [1.165, 1.54) is 16.9 Å². The summed E-state index contributed by atoms with van der Waals surface area (Å²) in [4.78, 5) is 32.2. The number of rotatable bonds is 5. The smallest absolute Gasteiger partial charge is 0.228 e. The fourth-order valence-electron chi connectivity index (χ4n) is 3.99. The van der Waals surface area contributed by atoms with Crippen LogP contribution in [0.2, 0.25) is 5.02 Å². The van der Waals surface area contributed by atoms with Crippen LogP contribution in [0.3, 0.4) is 0 Å². The Morgan fingerprint density at radius 1 is 1.26 bits per heavy atom. The maximum atomic E-state index is 12.8. The molecule has 5 nitrogen and oxygen atoms in total. The number of aryl methyl sites for hydroxylation is 1. The second kappa shape index (κ2) is 9.20. The summed E-state index contributed by atoms with van der Waals surface area (Å²) in [6.07, 6.45) is 3.51. The van der Waals surface area contributed by atoms with Crippen LogP contribution in [-0.2, 0) is 22.4 Å². The average molecular weight is 454 g/mol. The molecule has 0 aliphatic carbocycles. The molecule has 31 heavy (non-hydrogen) atoms. The summed E-state index contributed by atoms with van der Waals surface area (Å²) in [6.45, 7) is 4.17. The topological polar surface area (TPSA) is 62.3 Å². The van der Waals surface area contributed by atoms with E-state index in [1.54, 1.807) is 18.0 Å². The molecule has 0 saturated heterocycles. The van der Waals surface area contributed by atoms with Gasteiger partial charge >= 0.3 is 0 Å². The lowest BCUT2D eigenvalue weighted by Crippen LogP contribution is -2.40. The molecule has 2 amide bonds. The van der Waals surface area contributed by atoms with E-state index in [4.69, 9.17) is 11.6 Å². The summed E-state index contributed by atoms with van der Waals surface area (Å²) in [5.74, 6) is -0.159. The number of halogens is 1. The zero-order chi connectivity index (χ0) is 22.0. The molecule has 2 aromatic carbocycles. The molecule has 1 atom stereocenters. The van der Waals surface area contributed by atoms with Crippen LogP contribution in [0.4, 0.5) is 5.13 Å². The Morgan fingerprint density at radius 2 is 2.06 bits per heavy atom. The van der Waals surface area contributed by atoms with E-state index in [9.17, 15) is 9.59 Å². The lowest BCUT2D eigenvalue weighted by Gasteiger charge is -2.36. The molecule has 0 spiro atoms. The Hall–Kier alpha value is -2.70. The number of anilines is 1. The van der Waals surface area contributed by atoms with Crippen LogP contribution in [0.25, 0.3) is 0 Å². The molecular formula is C24H24ClN3O2S. The van der Waals surface area contributed by atoms with E-state index in [0.717, 1.165) is 33.0 Å². The lowest BCUT2D eigenvalue weighted by molar-refractivity contribution is -0.132. The van der Waals surface area contributed by atoms with Crippen molar-refractivity contribution >= 4 is 39.9 Å². The summed E-state index contributed by atoms with van der Waals surface area (Å²) in [6, 6.07) is 13.8. The van der Waals surface area contributed by atoms with Crippen molar-refractivity contribution in [3.8, 4) is 0 Å². The zero-order valence-corrected chi connectivity index (χ0v) is 19.1. The Balaban J connectivity index is 1.44. The number of carbonyl (C=O) groups is 2. The molecule has 3 aromatic rings. The summed E-state index contributed by atoms with van der Waals surface area (Å²) in [5, 5.41) is 4.23. The molecule has 160 valence electrons. The van der Waals surface area contributed by atoms with E-state index in [1.807, 2.05) is 37.3 Å². The first-order chi connectivity index (χ1) is 14.9. The van der Waals surface area contributed by atoms with Crippen molar-refractivity contribution in [3.63, 3.8) is 0 Å². The summed E-state index contributed by atoms with van der Waals surface area (Å²) >= 11 is 7.67. The molecule has 7 heteroatoms. The van der Waals surface area contributed by atoms with Crippen LogP contribution in [-0.4, -0.2) is 28.2 Å². The van der Waals surface area contributed by atoms with Gasteiger partial charge in [-0.15, -0.1) is 11.3 Å². The van der Waals surface area contributed by atoms with Gasteiger partial charge in [0.05, 0.1) is 12.5 Å². The standard InChI is InChI=1S/C24H24ClN3O2S/c1-15-7-8-17(12-21(15)25)11-19-14-26-24(31-19)27-23(30)13-22-20-6-4-3-5-18(20)9-10-28(22)16(2)29/h3-8,12,14,22H,9-11,13H2,1-2H3,(H,26,27,30). The van der Waals surface area contributed by atoms with E-state index in [0.29, 0.717) is 18.1 Å². The zero-order valence-electron chi connectivity index (χ0n) is 17.5. The highest BCUT2D eigenvalue weighted by atomic mass is 35.5. The Labute approximate surface area is 191 Å². The van der Waals surface area contributed by atoms with Crippen LogP contribution >= 0.6 is 22.9 Å². The number of nitrogens with one attached hydrogen (secondary N) is 1. The summed E-state index contributed by atoms with van der Waals surface area (Å²) in [7, 11) is 0. The Morgan fingerprint density at radius 3 is 2.84 bits per heavy atom. The quantitative estimate of drug-likeness (QED) is 0.579. The third-order valence-electron chi connectivity index (χ3n) is 5.61. The van der Waals surface area contributed by atoms with Crippen molar-refractivity contribution in [2.45, 2.75) is 39.2 Å². The molecule has 1 aromatic heterocycles. The predicted octanol–water partition coefficient (Wildman–Crippen LogP) is 5.17. The molecule has 1 aliphatic heterocycles. The van der Waals surface area contributed by atoms with E-state index < -0.39 is 0 Å². The highest BCUT2D eigenvalue weighted by Gasteiger charge is 2.30. The molecule has 0 radical (unpaired) electrons. The van der Waals surface area contributed by atoms with Crippen molar-refractivity contribution in [2.24, 2.45) is 0 Å². The second-order valence-corrected chi connectivity index (χ2v) is 9.34. The van der Waals surface area contributed by atoms with Gasteiger partial charge in [0.25, 0.3) is 0 Å². The van der Waals surface area contributed by atoms with E-state index >= 15 is 0 Å². The van der Waals surface area contributed by atoms with Gasteiger partial charge in [0, 0.05) is 36.0 Å². The maximum Gasteiger partial charge on any atom is 0.228 e. The molecule has 0 saturated carbocycles. The lowest BCUT2D eigenvalue weighted by atomic mass is 9.90.